The van der Waals surface area contributed by atoms with Gasteiger partial charge in [-0.3, -0.25) is 0 Å². The summed E-state index contributed by atoms with van der Waals surface area (Å²) in [5.74, 6) is -2.11. The van der Waals surface area contributed by atoms with Crippen molar-refractivity contribution in [3.05, 3.63) is 65.2 Å². The summed E-state index contributed by atoms with van der Waals surface area (Å²) in [4.78, 5) is 10.8. The van der Waals surface area contributed by atoms with E-state index in [1.54, 1.807) is 6.07 Å². The van der Waals surface area contributed by atoms with Gasteiger partial charge < -0.3 is 9.84 Å². The van der Waals surface area contributed by atoms with Gasteiger partial charge in [0.2, 0.25) is 0 Å². The Balaban J connectivity index is 2.10. The molecule has 3 nitrogen and oxygen atoms in total. The van der Waals surface area contributed by atoms with E-state index in [1.165, 1.54) is 18.2 Å². The van der Waals surface area contributed by atoms with Gasteiger partial charge in [0.1, 0.15) is 24.0 Å². The Bertz CT molecular complexity index is 591. The van der Waals surface area contributed by atoms with Crippen molar-refractivity contribution >= 4 is 5.97 Å². The van der Waals surface area contributed by atoms with E-state index >= 15 is 0 Å². The second kappa shape index (κ2) is 5.48. The zero-order valence-corrected chi connectivity index (χ0v) is 9.77. The maximum Gasteiger partial charge on any atom is 0.335 e. The van der Waals surface area contributed by atoms with Crippen molar-refractivity contribution in [3.63, 3.8) is 0 Å². The van der Waals surface area contributed by atoms with Crippen molar-refractivity contribution in [2.24, 2.45) is 0 Å². The minimum absolute atomic E-state index is 0.0439. The first-order chi connectivity index (χ1) is 9.04. The maximum atomic E-state index is 13.0. The molecule has 0 saturated carbocycles. The summed E-state index contributed by atoms with van der Waals surface area (Å²) in [6.07, 6.45) is 0. The standard InChI is InChI=1S/C14H10F2O3/c15-11-4-9(5-12(16)7-11)8-19-13-3-1-2-10(6-13)14(17)18/h1-7H,8H2,(H,17,18). The SMILES string of the molecule is O=C(O)c1cccc(OCc2cc(F)cc(F)c2)c1. The third-order valence-corrected chi connectivity index (χ3v) is 2.41. The van der Waals surface area contributed by atoms with Crippen molar-refractivity contribution < 1.29 is 23.4 Å². The molecule has 2 rings (SSSR count). The molecule has 0 aliphatic rings. The van der Waals surface area contributed by atoms with Crippen molar-refractivity contribution in [1.29, 1.82) is 0 Å². The second-order valence-corrected chi connectivity index (χ2v) is 3.90. The zero-order valence-electron chi connectivity index (χ0n) is 9.77. The van der Waals surface area contributed by atoms with Crippen molar-refractivity contribution in [2.45, 2.75) is 6.61 Å². The van der Waals surface area contributed by atoms with Crippen molar-refractivity contribution in [2.75, 3.05) is 0 Å². The van der Waals surface area contributed by atoms with Gasteiger partial charge in [-0.05, 0) is 35.9 Å². The lowest BCUT2D eigenvalue weighted by Gasteiger charge is -2.07. The Morgan fingerprint density at radius 1 is 1.11 bits per heavy atom. The molecular weight excluding hydrogens is 254 g/mol. The van der Waals surface area contributed by atoms with Crippen LogP contribution in [0.2, 0.25) is 0 Å². The molecule has 2 aromatic carbocycles. The van der Waals surface area contributed by atoms with Gasteiger partial charge in [-0.2, -0.15) is 0 Å². The number of hydrogen-bond acceptors (Lipinski definition) is 2. The Morgan fingerprint density at radius 2 is 1.79 bits per heavy atom. The minimum atomic E-state index is -1.07. The molecule has 98 valence electrons. The van der Waals surface area contributed by atoms with E-state index in [9.17, 15) is 13.6 Å². The molecule has 0 heterocycles. The average Bonchev–Trinajstić information content (AvgIpc) is 2.35. The predicted octanol–water partition coefficient (Wildman–Crippen LogP) is 3.24. The summed E-state index contributed by atoms with van der Waals surface area (Å²) in [6, 6.07) is 8.96. The fraction of sp³-hybridized carbons (Fsp3) is 0.0714. The fourth-order valence-corrected chi connectivity index (χ4v) is 1.58. The summed E-state index contributed by atoms with van der Waals surface area (Å²) < 4.78 is 31.2. The van der Waals surface area contributed by atoms with Crippen LogP contribution in [0.15, 0.2) is 42.5 Å². The van der Waals surface area contributed by atoms with Crippen LogP contribution in [0.4, 0.5) is 8.78 Å². The highest BCUT2D eigenvalue weighted by atomic mass is 19.1. The number of carboxylic acids is 1. The van der Waals surface area contributed by atoms with E-state index in [0.29, 0.717) is 11.3 Å². The van der Waals surface area contributed by atoms with Gasteiger partial charge in [-0.25, -0.2) is 13.6 Å². The third-order valence-electron chi connectivity index (χ3n) is 2.41. The molecule has 0 saturated heterocycles. The largest absolute Gasteiger partial charge is 0.489 e. The van der Waals surface area contributed by atoms with Crippen molar-refractivity contribution in [1.82, 2.24) is 0 Å². The van der Waals surface area contributed by atoms with Crippen molar-refractivity contribution in [3.8, 4) is 5.75 Å². The first-order valence-electron chi connectivity index (χ1n) is 5.46. The van der Waals surface area contributed by atoms with Crippen LogP contribution >= 0.6 is 0 Å². The van der Waals surface area contributed by atoms with Crippen LogP contribution in [0.25, 0.3) is 0 Å². The van der Waals surface area contributed by atoms with Crippen LogP contribution in [0.5, 0.6) is 5.75 Å². The Labute approximate surface area is 108 Å². The van der Waals surface area contributed by atoms with Gasteiger partial charge in [0.05, 0.1) is 5.56 Å². The molecule has 0 aromatic heterocycles. The summed E-state index contributed by atoms with van der Waals surface area (Å²) in [5, 5.41) is 8.81. The van der Waals surface area contributed by atoms with Crippen LogP contribution in [0.3, 0.4) is 0 Å². The lowest BCUT2D eigenvalue weighted by Crippen LogP contribution is -2.00. The number of carbonyl (C=O) groups is 1. The molecule has 0 aliphatic carbocycles. The molecule has 5 heteroatoms. The lowest BCUT2D eigenvalue weighted by molar-refractivity contribution is 0.0696. The highest BCUT2D eigenvalue weighted by Crippen LogP contribution is 2.16. The van der Waals surface area contributed by atoms with E-state index in [0.717, 1.165) is 18.2 Å². The number of benzene rings is 2. The fourth-order valence-electron chi connectivity index (χ4n) is 1.58. The predicted molar refractivity (Wildman–Crippen MR) is 64.1 cm³/mol. The van der Waals surface area contributed by atoms with Gasteiger partial charge >= 0.3 is 5.97 Å². The zero-order chi connectivity index (χ0) is 13.8. The number of ether oxygens (including phenoxy) is 1. The van der Waals surface area contributed by atoms with Gasteiger partial charge in [-0.15, -0.1) is 0 Å². The van der Waals surface area contributed by atoms with Gasteiger partial charge in [0.15, 0.2) is 0 Å². The Hall–Kier alpha value is -2.43. The highest BCUT2D eigenvalue weighted by molar-refractivity contribution is 5.87. The molecule has 2 aromatic rings. The van der Waals surface area contributed by atoms with E-state index in [-0.39, 0.29) is 12.2 Å². The summed E-state index contributed by atoms with van der Waals surface area (Å²) in [6.45, 7) is -0.0439. The van der Waals surface area contributed by atoms with Crippen LogP contribution in [-0.2, 0) is 6.61 Å². The topological polar surface area (TPSA) is 46.5 Å². The van der Waals surface area contributed by atoms with Crippen LogP contribution in [0, 0.1) is 11.6 Å². The number of rotatable bonds is 4. The first kappa shape index (κ1) is 13.0. The number of aromatic carboxylic acids is 1. The van der Waals surface area contributed by atoms with Gasteiger partial charge in [-0.1, -0.05) is 6.07 Å². The van der Waals surface area contributed by atoms with Gasteiger partial charge in [0.25, 0.3) is 0 Å². The molecule has 0 fully saturated rings. The number of carboxylic acid groups (broad SMARTS) is 1. The maximum absolute atomic E-state index is 13.0. The molecule has 0 bridgehead atoms. The molecular formula is C14H10F2O3. The number of halogens is 2. The minimum Gasteiger partial charge on any atom is -0.489 e. The molecule has 0 aliphatic heterocycles. The molecule has 0 unspecified atom stereocenters. The molecule has 0 radical (unpaired) electrons. The Morgan fingerprint density at radius 3 is 2.42 bits per heavy atom. The lowest BCUT2D eigenvalue weighted by atomic mass is 10.2. The van der Waals surface area contributed by atoms with Crippen LogP contribution in [0.1, 0.15) is 15.9 Å². The molecule has 19 heavy (non-hydrogen) atoms. The first-order valence-corrected chi connectivity index (χ1v) is 5.46. The number of hydrogen-bond donors (Lipinski definition) is 1. The van der Waals surface area contributed by atoms with E-state index in [4.69, 9.17) is 9.84 Å². The summed E-state index contributed by atoms with van der Waals surface area (Å²) in [7, 11) is 0. The van der Waals surface area contributed by atoms with Crippen LogP contribution < -0.4 is 4.74 Å². The van der Waals surface area contributed by atoms with Crippen LogP contribution in [-0.4, -0.2) is 11.1 Å². The monoisotopic (exact) mass is 264 g/mol. The molecule has 0 amide bonds. The molecule has 1 N–H and O–H groups in total. The Kier molecular flexibility index (Phi) is 3.75. The second-order valence-electron chi connectivity index (χ2n) is 3.90. The summed E-state index contributed by atoms with van der Waals surface area (Å²) >= 11 is 0. The highest BCUT2D eigenvalue weighted by Gasteiger charge is 2.05. The summed E-state index contributed by atoms with van der Waals surface area (Å²) in [5.41, 5.74) is 0.418. The smallest absolute Gasteiger partial charge is 0.335 e. The normalized spacial score (nSPS) is 10.2. The third kappa shape index (κ3) is 3.51. The molecule has 0 spiro atoms. The average molecular weight is 264 g/mol. The molecule has 0 atom stereocenters. The van der Waals surface area contributed by atoms with E-state index in [1.807, 2.05) is 0 Å². The van der Waals surface area contributed by atoms with E-state index in [2.05, 4.69) is 0 Å². The van der Waals surface area contributed by atoms with Gasteiger partial charge in [0, 0.05) is 6.07 Å². The van der Waals surface area contributed by atoms with E-state index < -0.39 is 17.6 Å². The quantitative estimate of drug-likeness (QED) is 0.922.